The van der Waals surface area contributed by atoms with Gasteiger partial charge in [-0.3, -0.25) is 9.78 Å². The van der Waals surface area contributed by atoms with E-state index in [0.29, 0.717) is 12.6 Å². The lowest BCUT2D eigenvalue weighted by molar-refractivity contribution is 0.309. The summed E-state index contributed by atoms with van der Waals surface area (Å²) in [6.45, 7) is 4.89. The van der Waals surface area contributed by atoms with Crippen LogP contribution in [-0.4, -0.2) is 22.8 Å². The summed E-state index contributed by atoms with van der Waals surface area (Å²) in [7, 11) is 0. The number of aromatic nitrogens is 2. The largest absolute Gasteiger partial charge is 0.494 e. The number of benzene rings is 1. The quantitative estimate of drug-likeness (QED) is 0.420. The molecular formula is C18H24N4O2. The smallest absolute Gasteiger partial charge is 0.252 e. The van der Waals surface area contributed by atoms with Crippen LogP contribution in [0.15, 0.2) is 40.2 Å². The van der Waals surface area contributed by atoms with Crippen molar-refractivity contribution in [2.45, 2.75) is 39.5 Å². The van der Waals surface area contributed by atoms with E-state index in [1.54, 1.807) is 6.21 Å². The molecular weight excluding hydrogens is 304 g/mol. The molecule has 0 radical (unpaired) electrons. The molecule has 1 aromatic carbocycles. The number of hydrogen-bond donors (Lipinski definition) is 2. The molecule has 1 aromatic heterocycles. The summed E-state index contributed by atoms with van der Waals surface area (Å²) in [5.74, 6) is 1.17. The fourth-order valence-electron chi connectivity index (χ4n) is 2.13. The van der Waals surface area contributed by atoms with E-state index in [9.17, 15) is 4.79 Å². The molecule has 1 heterocycles. The van der Waals surface area contributed by atoms with Crippen molar-refractivity contribution in [2.75, 3.05) is 12.0 Å². The Kier molecular flexibility index (Phi) is 7.01. The van der Waals surface area contributed by atoms with Crippen LogP contribution in [0.2, 0.25) is 0 Å². The summed E-state index contributed by atoms with van der Waals surface area (Å²) in [6.07, 6.45) is 5.50. The zero-order valence-electron chi connectivity index (χ0n) is 14.2. The van der Waals surface area contributed by atoms with Gasteiger partial charge in [-0.1, -0.05) is 38.8 Å². The number of rotatable bonds is 9. The van der Waals surface area contributed by atoms with Crippen LogP contribution in [0.4, 0.5) is 5.95 Å². The van der Waals surface area contributed by atoms with E-state index in [-0.39, 0.29) is 5.56 Å². The maximum Gasteiger partial charge on any atom is 0.252 e. The number of anilines is 1. The lowest BCUT2D eigenvalue weighted by Crippen LogP contribution is -2.11. The molecule has 2 N–H and O–H groups in total. The summed E-state index contributed by atoms with van der Waals surface area (Å²) in [4.78, 5) is 18.5. The molecule has 0 amide bonds. The highest BCUT2D eigenvalue weighted by Gasteiger charge is 2.00. The first-order chi connectivity index (χ1) is 11.7. The van der Waals surface area contributed by atoms with Crippen LogP contribution in [0, 0.1) is 0 Å². The van der Waals surface area contributed by atoms with Crippen LogP contribution >= 0.6 is 0 Å². The monoisotopic (exact) mass is 328 g/mol. The first kappa shape index (κ1) is 17.7. The van der Waals surface area contributed by atoms with E-state index in [1.807, 2.05) is 31.2 Å². The number of hydrazone groups is 1. The minimum absolute atomic E-state index is 0.183. The Balaban J connectivity index is 1.98. The lowest BCUT2D eigenvalue weighted by Gasteiger charge is -2.05. The summed E-state index contributed by atoms with van der Waals surface area (Å²) in [5, 5.41) is 4.13. The van der Waals surface area contributed by atoms with E-state index in [4.69, 9.17) is 4.74 Å². The predicted octanol–water partition coefficient (Wildman–Crippen LogP) is 3.35. The molecule has 128 valence electrons. The third-order valence-corrected chi connectivity index (χ3v) is 3.31. The van der Waals surface area contributed by atoms with Crippen LogP contribution < -0.4 is 15.7 Å². The van der Waals surface area contributed by atoms with Crippen molar-refractivity contribution in [1.82, 2.24) is 9.97 Å². The molecule has 0 unspecified atom stereocenters. The summed E-state index contributed by atoms with van der Waals surface area (Å²) in [5.41, 5.74) is 4.24. The molecule has 0 bridgehead atoms. The van der Waals surface area contributed by atoms with Crippen LogP contribution in [0.25, 0.3) is 0 Å². The average molecular weight is 328 g/mol. The lowest BCUT2D eigenvalue weighted by atomic mass is 10.2. The molecule has 0 aliphatic rings. The van der Waals surface area contributed by atoms with Gasteiger partial charge in [0.05, 0.1) is 12.8 Å². The number of nitrogens with one attached hydrogen (secondary N) is 2. The van der Waals surface area contributed by atoms with Gasteiger partial charge >= 0.3 is 0 Å². The van der Waals surface area contributed by atoms with Crippen molar-refractivity contribution >= 4 is 12.2 Å². The summed E-state index contributed by atoms with van der Waals surface area (Å²) >= 11 is 0. The van der Waals surface area contributed by atoms with Crippen LogP contribution in [0.3, 0.4) is 0 Å². The average Bonchev–Trinajstić information content (AvgIpc) is 2.55. The molecule has 6 heteroatoms. The predicted molar refractivity (Wildman–Crippen MR) is 96.9 cm³/mol. The second-order valence-corrected chi connectivity index (χ2v) is 5.48. The molecule has 2 aromatic rings. The van der Waals surface area contributed by atoms with Crippen molar-refractivity contribution in [3.05, 3.63) is 51.9 Å². The second-order valence-electron chi connectivity index (χ2n) is 5.48. The molecule has 24 heavy (non-hydrogen) atoms. The van der Waals surface area contributed by atoms with Gasteiger partial charge in [0.15, 0.2) is 0 Å². The van der Waals surface area contributed by atoms with Gasteiger partial charge in [-0.05, 0) is 30.5 Å². The fourth-order valence-corrected chi connectivity index (χ4v) is 2.13. The van der Waals surface area contributed by atoms with Crippen molar-refractivity contribution < 1.29 is 4.74 Å². The van der Waals surface area contributed by atoms with E-state index >= 15 is 0 Å². The van der Waals surface area contributed by atoms with Crippen molar-refractivity contribution in [1.29, 1.82) is 0 Å². The van der Waals surface area contributed by atoms with Gasteiger partial charge in [-0.2, -0.15) is 5.10 Å². The van der Waals surface area contributed by atoms with Gasteiger partial charge in [0.25, 0.3) is 5.56 Å². The van der Waals surface area contributed by atoms with E-state index in [0.717, 1.165) is 42.7 Å². The second kappa shape index (κ2) is 9.50. The number of aryl methyl sites for hydroxylation is 1. The Hall–Kier alpha value is -2.63. The first-order valence-electron chi connectivity index (χ1n) is 8.33. The maximum absolute atomic E-state index is 11.6. The molecule has 6 nitrogen and oxygen atoms in total. The number of nitrogens with zero attached hydrogens (tertiary/aromatic N) is 2. The Morgan fingerprint density at radius 2 is 2.17 bits per heavy atom. The number of hydrogen-bond acceptors (Lipinski definition) is 5. The van der Waals surface area contributed by atoms with Gasteiger partial charge in [0.2, 0.25) is 5.95 Å². The van der Waals surface area contributed by atoms with Crippen molar-refractivity contribution in [3.8, 4) is 5.75 Å². The molecule has 0 saturated heterocycles. The molecule has 0 aliphatic heterocycles. The third-order valence-electron chi connectivity index (χ3n) is 3.31. The van der Waals surface area contributed by atoms with Crippen LogP contribution in [0.5, 0.6) is 5.75 Å². The van der Waals surface area contributed by atoms with Gasteiger partial charge in [0.1, 0.15) is 5.75 Å². The molecule has 0 spiro atoms. The number of unbranched alkanes of at least 4 members (excludes halogenated alkanes) is 1. The van der Waals surface area contributed by atoms with E-state index < -0.39 is 0 Å². The Bertz CT molecular complexity index is 725. The molecule has 0 saturated carbocycles. The van der Waals surface area contributed by atoms with Crippen molar-refractivity contribution in [2.24, 2.45) is 5.10 Å². The minimum Gasteiger partial charge on any atom is -0.494 e. The summed E-state index contributed by atoms with van der Waals surface area (Å²) in [6, 6.07) is 9.21. The minimum atomic E-state index is -0.183. The van der Waals surface area contributed by atoms with Crippen molar-refractivity contribution in [3.63, 3.8) is 0 Å². The number of aromatic amines is 1. The zero-order valence-corrected chi connectivity index (χ0v) is 14.2. The Morgan fingerprint density at radius 3 is 2.96 bits per heavy atom. The SMILES string of the molecule is CCCCOc1cccc(/C=N/Nc2nc(CCC)cc(=O)[nH]2)c1. The Labute approximate surface area is 142 Å². The van der Waals surface area contributed by atoms with E-state index in [1.165, 1.54) is 6.07 Å². The highest BCUT2D eigenvalue weighted by Crippen LogP contribution is 2.12. The zero-order chi connectivity index (χ0) is 17.2. The van der Waals surface area contributed by atoms with Gasteiger partial charge in [-0.25, -0.2) is 10.4 Å². The normalized spacial score (nSPS) is 10.9. The molecule has 0 aliphatic carbocycles. The van der Waals surface area contributed by atoms with Crippen LogP contribution in [0.1, 0.15) is 44.4 Å². The molecule has 0 atom stereocenters. The Morgan fingerprint density at radius 1 is 1.29 bits per heavy atom. The van der Waals surface area contributed by atoms with Gasteiger partial charge < -0.3 is 4.74 Å². The highest BCUT2D eigenvalue weighted by atomic mass is 16.5. The summed E-state index contributed by atoms with van der Waals surface area (Å²) < 4.78 is 5.67. The standard InChI is InChI=1S/C18H24N4O2/c1-3-5-10-24-16-9-6-8-14(11-16)13-19-22-18-20-15(7-4-2)12-17(23)21-18/h6,8-9,11-13H,3-5,7,10H2,1-2H3,(H2,20,21,22,23)/b19-13+. The van der Waals surface area contributed by atoms with Crippen LogP contribution in [-0.2, 0) is 6.42 Å². The van der Waals surface area contributed by atoms with Gasteiger partial charge in [-0.15, -0.1) is 0 Å². The molecule has 2 rings (SSSR count). The topological polar surface area (TPSA) is 79.4 Å². The highest BCUT2D eigenvalue weighted by molar-refractivity contribution is 5.80. The third kappa shape index (κ3) is 5.87. The first-order valence-corrected chi connectivity index (χ1v) is 8.33. The maximum atomic E-state index is 11.6. The van der Waals surface area contributed by atoms with E-state index in [2.05, 4.69) is 27.4 Å². The fraction of sp³-hybridized carbons (Fsp3) is 0.389. The molecule has 0 fully saturated rings. The van der Waals surface area contributed by atoms with Gasteiger partial charge in [0, 0.05) is 11.8 Å². The number of ether oxygens (including phenoxy) is 1. The number of H-pyrrole nitrogens is 1.